The number of rotatable bonds is 7. The van der Waals surface area contributed by atoms with Crippen molar-refractivity contribution in [3.63, 3.8) is 0 Å². The summed E-state index contributed by atoms with van der Waals surface area (Å²) >= 11 is 0. The average molecular weight is 285 g/mol. The summed E-state index contributed by atoms with van der Waals surface area (Å²) < 4.78 is 0. The van der Waals surface area contributed by atoms with Gasteiger partial charge in [-0.3, -0.25) is 4.79 Å². The van der Waals surface area contributed by atoms with E-state index in [9.17, 15) is 4.79 Å². The largest absolute Gasteiger partial charge is 0.361 e. The number of carbonyl (C=O) groups is 1. The van der Waals surface area contributed by atoms with Gasteiger partial charge in [-0.1, -0.05) is 31.2 Å². The first-order chi connectivity index (χ1) is 10.2. The number of aromatic amines is 1. The quantitative estimate of drug-likeness (QED) is 0.768. The standard InChI is InChI=1S/C17H23N3O/c1-3-9-20(10-4-2)17(21)15(18)11-13-12-19-16-8-6-5-7-14(13)16/h3,5-8,12,15,19H,1,4,9-11,18H2,2H3/t15-/m1/s1. The molecule has 3 N–H and O–H groups in total. The molecule has 0 saturated carbocycles. The van der Waals surface area contributed by atoms with Gasteiger partial charge in [0.2, 0.25) is 5.91 Å². The minimum absolute atomic E-state index is 0.0120. The van der Waals surface area contributed by atoms with Gasteiger partial charge in [0.1, 0.15) is 0 Å². The zero-order valence-corrected chi connectivity index (χ0v) is 12.5. The Morgan fingerprint density at radius 3 is 2.95 bits per heavy atom. The average Bonchev–Trinajstić information content (AvgIpc) is 2.89. The summed E-state index contributed by atoms with van der Waals surface area (Å²) in [5, 5.41) is 1.13. The number of carbonyl (C=O) groups excluding carboxylic acids is 1. The number of aromatic nitrogens is 1. The lowest BCUT2D eigenvalue weighted by Crippen LogP contribution is -2.45. The third-order valence-corrected chi connectivity index (χ3v) is 3.59. The van der Waals surface area contributed by atoms with Gasteiger partial charge in [0.05, 0.1) is 6.04 Å². The van der Waals surface area contributed by atoms with E-state index in [4.69, 9.17) is 5.73 Å². The molecule has 0 saturated heterocycles. The number of nitrogens with one attached hydrogen (secondary N) is 1. The van der Waals surface area contributed by atoms with Crippen LogP contribution in [0.2, 0.25) is 0 Å². The zero-order chi connectivity index (χ0) is 15.2. The third-order valence-electron chi connectivity index (χ3n) is 3.59. The van der Waals surface area contributed by atoms with Gasteiger partial charge in [0, 0.05) is 30.2 Å². The molecule has 1 atom stereocenters. The van der Waals surface area contributed by atoms with Gasteiger partial charge in [-0.25, -0.2) is 0 Å². The van der Waals surface area contributed by atoms with Gasteiger partial charge < -0.3 is 15.6 Å². The first kappa shape index (κ1) is 15.3. The van der Waals surface area contributed by atoms with Crippen LogP contribution in [0.25, 0.3) is 10.9 Å². The SMILES string of the molecule is C=CCN(CCC)C(=O)[C@H](N)Cc1c[nH]c2ccccc12. The van der Waals surface area contributed by atoms with Crippen molar-refractivity contribution >= 4 is 16.8 Å². The maximum absolute atomic E-state index is 12.4. The molecule has 0 fully saturated rings. The number of amides is 1. The van der Waals surface area contributed by atoms with Crippen molar-refractivity contribution in [1.82, 2.24) is 9.88 Å². The number of fused-ring (bicyclic) bond motifs is 1. The smallest absolute Gasteiger partial charge is 0.240 e. The van der Waals surface area contributed by atoms with Crippen LogP contribution in [0.3, 0.4) is 0 Å². The van der Waals surface area contributed by atoms with E-state index in [2.05, 4.69) is 18.5 Å². The second-order valence-electron chi connectivity index (χ2n) is 5.24. The van der Waals surface area contributed by atoms with E-state index in [1.807, 2.05) is 30.5 Å². The lowest BCUT2D eigenvalue weighted by molar-refractivity contribution is -0.132. The van der Waals surface area contributed by atoms with Gasteiger partial charge in [0.15, 0.2) is 0 Å². The molecule has 1 aromatic heterocycles. The number of nitrogens with two attached hydrogens (primary N) is 1. The number of H-pyrrole nitrogens is 1. The molecule has 0 bridgehead atoms. The maximum Gasteiger partial charge on any atom is 0.240 e. The molecule has 21 heavy (non-hydrogen) atoms. The molecule has 4 nitrogen and oxygen atoms in total. The van der Waals surface area contributed by atoms with E-state index in [1.54, 1.807) is 11.0 Å². The minimum Gasteiger partial charge on any atom is -0.361 e. The Morgan fingerprint density at radius 1 is 1.48 bits per heavy atom. The number of benzene rings is 1. The highest BCUT2D eigenvalue weighted by Gasteiger charge is 2.21. The monoisotopic (exact) mass is 285 g/mol. The zero-order valence-electron chi connectivity index (χ0n) is 12.5. The van der Waals surface area contributed by atoms with Crippen molar-refractivity contribution in [2.24, 2.45) is 5.73 Å². The Kier molecular flexibility index (Phi) is 5.17. The summed E-state index contributed by atoms with van der Waals surface area (Å²) in [6, 6.07) is 7.53. The van der Waals surface area contributed by atoms with Crippen LogP contribution in [-0.4, -0.2) is 34.9 Å². The summed E-state index contributed by atoms with van der Waals surface area (Å²) in [7, 11) is 0. The Balaban J connectivity index is 2.11. The molecule has 0 aliphatic rings. The molecule has 2 rings (SSSR count). The van der Waals surface area contributed by atoms with Crippen molar-refractivity contribution in [3.05, 3.63) is 48.7 Å². The Hall–Kier alpha value is -2.07. The number of para-hydroxylation sites is 1. The number of nitrogens with zero attached hydrogens (tertiary/aromatic N) is 1. The predicted molar refractivity (Wildman–Crippen MR) is 87.0 cm³/mol. The molecule has 0 radical (unpaired) electrons. The van der Waals surface area contributed by atoms with Crippen molar-refractivity contribution in [2.45, 2.75) is 25.8 Å². The summed E-state index contributed by atoms with van der Waals surface area (Å²) in [6.45, 7) is 7.02. The summed E-state index contributed by atoms with van der Waals surface area (Å²) in [5.74, 6) is -0.0120. The van der Waals surface area contributed by atoms with Crippen LogP contribution >= 0.6 is 0 Å². The molecule has 1 heterocycles. The van der Waals surface area contributed by atoms with Crippen LogP contribution in [-0.2, 0) is 11.2 Å². The van der Waals surface area contributed by atoms with Gasteiger partial charge in [-0.05, 0) is 24.5 Å². The first-order valence-corrected chi connectivity index (χ1v) is 7.37. The second-order valence-corrected chi connectivity index (χ2v) is 5.24. The molecular formula is C17H23N3O. The van der Waals surface area contributed by atoms with E-state index in [1.165, 1.54) is 0 Å². The van der Waals surface area contributed by atoms with Crippen molar-refractivity contribution < 1.29 is 4.79 Å². The van der Waals surface area contributed by atoms with Crippen LogP contribution in [0.15, 0.2) is 43.1 Å². The topological polar surface area (TPSA) is 62.1 Å². The highest BCUT2D eigenvalue weighted by molar-refractivity contribution is 5.86. The van der Waals surface area contributed by atoms with Crippen LogP contribution in [0.1, 0.15) is 18.9 Å². The highest BCUT2D eigenvalue weighted by atomic mass is 16.2. The molecule has 0 aliphatic carbocycles. The van der Waals surface area contributed by atoms with Crippen LogP contribution in [0.5, 0.6) is 0 Å². The van der Waals surface area contributed by atoms with E-state index in [0.29, 0.717) is 19.5 Å². The lowest BCUT2D eigenvalue weighted by Gasteiger charge is -2.24. The molecule has 2 aromatic rings. The van der Waals surface area contributed by atoms with Gasteiger partial charge >= 0.3 is 0 Å². The molecule has 0 spiro atoms. The molecule has 0 aliphatic heterocycles. The molecule has 0 unspecified atom stereocenters. The molecule has 4 heteroatoms. The molecule has 1 amide bonds. The van der Waals surface area contributed by atoms with Gasteiger partial charge in [-0.15, -0.1) is 6.58 Å². The Labute approximate surface area is 125 Å². The van der Waals surface area contributed by atoms with Crippen molar-refractivity contribution in [1.29, 1.82) is 0 Å². The van der Waals surface area contributed by atoms with Crippen LogP contribution in [0, 0.1) is 0 Å². The number of hydrogen-bond acceptors (Lipinski definition) is 2. The Bertz CT molecular complexity index is 617. The third kappa shape index (κ3) is 3.52. The van der Waals surface area contributed by atoms with Gasteiger partial charge in [-0.2, -0.15) is 0 Å². The van der Waals surface area contributed by atoms with E-state index in [0.717, 1.165) is 22.9 Å². The van der Waals surface area contributed by atoms with E-state index >= 15 is 0 Å². The second kappa shape index (κ2) is 7.09. The van der Waals surface area contributed by atoms with E-state index < -0.39 is 6.04 Å². The minimum atomic E-state index is -0.518. The fraction of sp³-hybridized carbons (Fsp3) is 0.353. The molecule has 112 valence electrons. The first-order valence-electron chi connectivity index (χ1n) is 7.37. The highest BCUT2D eigenvalue weighted by Crippen LogP contribution is 2.19. The van der Waals surface area contributed by atoms with Gasteiger partial charge in [0.25, 0.3) is 0 Å². The summed E-state index contributed by atoms with van der Waals surface area (Å²) in [6.07, 6.45) is 5.14. The predicted octanol–water partition coefficient (Wildman–Crippen LogP) is 2.46. The lowest BCUT2D eigenvalue weighted by atomic mass is 10.0. The fourth-order valence-corrected chi connectivity index (χ4v) is 2.58. The normalized spacial score (nSPS) is 12.3. The van der Waals surface area contributed by atoms with Crippen LogP contribution in [0.4, 0.5) is 0 Å². The molecular weight excluding hydrogens is 262 g/mol. The molecule has 1 aromatic carbocycles. The fourth-order valence-electron chi connectivity index (χ4n) is 2.58. The van der Waals surface area contributed by atoms with Crippen LogP contribution < -0.4 is 5.73 Å². The maximum atomic E-state index is 12.4. The van der Waals surface area contributed by atoms with Crippen molar-refractivity contribution in [3.8, 4) is 0 Å². The van der Waals surface area contributed by atoms with Crippen molar-refractivity contribution in [2.75, 3.05) is 13.1 Å². The summed E-state index contributed by atoms with van der Waals surface area (Å²) in [4.78, 5) is 17.4. The van der Waals surface area contributed by atoms with E-state index in [-0.39, 0.29) is 5.91 Å². The summed E-state index contributed by atoms with van der Waals surface area (Å²) in [5.41, 5.74) is 8.28. The Morgan fingerprint density at radius 2 is 2.24 bits per heavy atom. The number of hydrogen-bond donors (Lipinski definition) is 2.